The Morgan fingerprint density at radius 3 is 2.14 bits per heavy atom. The van der Waals surface area contributed by atoms with Crippen LogP contribution in [0.25, 0.3) is 0 Å². The molecule has 3 nitrogen and oxygen atoms in total. The van der Waals surface area contributed by atoms with Gasteiger partial charge >= 0.3 is 6.11 Å². The van der Waals surface area contributed by atoms with Gasteiger partial charge in [-0.3, -0.25) is 4.99 Å². The van der Waals surface area contributed by atoms with Crippen LogP contribution < -0.4 is 4.74 Å². The van der Waals surface area contributed by atoms with Gasteiger partial charge in [-0.1, -0.05) is 12.6 Å². The van der Waals surface area contributed by atoms with Crippen molar-refractivity contribution in [2.45, 2.75) is 13.0 Å². The number of ether oxygens (including phenoxy) is 1. The van der Waals surface area contributed by atoms with E-state index in [0.29, 0.717) is 5.57 Å². The minimum atomic E-state index is -4.29. The summed E-state index contributed by atoms with van der Waals surface area (Å²) in [4.78, 5) is 7.79. The molecule has 0 aromatic heterocycles. The molecule has 0 spiro atoms. The van der Waals surface area contributed by atoms with Crippen molar-refractivity contribution in [3.63, 3.8) is 0 Å². The van der Waals surface area contributed by atoms with E-state index in [1.165, 1.54) is 13.3 Å². The predicted octanol–water partition coefficient (Wildman–Crippen LogP) is 5.39. The van der Waals surface area contributed by atoms with Crippen LogP contribution in [0.4, 0.5) is 26.3 Å². The van der Waals surface area contributed by atoms with Crippen molar-refractivity contribution in [1.29, 1.82) is 0 Å². The van der Waals surface area contributed by atoms with Gasteiger partial charge in [-0.25, -0.2) is 22.6 Å². The fourth-order valence-corrected chi connectivity index (χ4v) is 2.12. The van der Waals surface area contributed by atoms with Crippen LogP contribution in [0.3, 0.4) is 0 Å². The molecule has 0 radical (unpaired) electrons. The van der Waals surface area contributed by atoms with Crippen molar-refractivity contribution in [2.75, 3.05) is 7.05 Å². The maximum absolute atomic E-state index is 14.3. The molecular formula is C19H14F6N2O. The SMILES string of the molecule is C=C(C)C=NC(=NC)c1ccc(C(F)(F)Oc2cc(F)c(F)c(F)c2)c(F)c1. The van der Waals surface area contributed by atoms with E-state index in [4.69, 9.17) is 0 Å². The van der Waals surface area contributed by atoms with E-state index in [0.717, 1.165) is 18.2 Å². The van der Waals surface area contributed by atoms with Crippen LogP contribution in [0, 0.1) is 23.3 Å². The quantitative estimate of drug-likeness (QED) is 0.287. The van der Waals surface area contributed by atoms with Gasteiger partial charge in [-0.15, -0.1) is 0 Å². The summed E-state index contributed by atoms with van der Waals surface area (Å²) in [6.45, 7) is 5.27. The minimum absolute atomic E-state index is 0.0698. The van der Waals surface area contributed by atoms with Crippen molar-refractivity contribution in [2.24, 2.45) is 9.98 Å². The molecule has 2 rings (SSSR count). The lowest BCUT2D eigenvalue weighted by atomic mass is 10.1. The Hall–Kier alpha value is -3.10. The number of allylic oxidation sites excluding steroid dienone is 1. The zero-order chi connectivity index (χ0) is 21.1. The van der Waals surface area contributed by atoms with E-state index in [-0.39, 0.29) is 23.5 Å². The van der Waals surface area contributed by atoms with Gasteiger partial charge < -0.3 is 4.74 Å². The predicted molar refractivity (Wildman–Crippen MR) is 93.0 cm³/mol. The van der Waals surface area contributed by atoms with Crippen LogP contribution in [-0.4, -0.2) is 19.1 Å². The highest BCUT2D eigenvalue weighted by Crippen LogP contribution is 2.34. The molecular weight excluding hydrogens is 386 g/mol. The Bertz CT molecular complexity index is 946. The average molecular weight is 400 g/mol. The zero-order valence-electron chi connectivity index (χ0n) is 14.7. The molecule has 0 aliphatic heterocycles. The summed E-state index contributed by atoms with van der Waals surface area (Å²) < 4.78 is 86.2. The molecule has 0 aliphatic rings. The summed E-state index contributed by atoms with van der Waals surface area (Å²) in [7, 11) is 1.38. The largest absolute Gasteiger partial charge is 0.429 e. The topological polar surface area (TPSA) is 34.0 Å². The Morgan fingerprint density at radius 2 is 1.64 bits per heavy atom. The van der Waals surface area contributed by atoms with Crippen molar-refractivity contribution in [1.82, 2.24) is 0 Å². The molecule has 0 amide bonds. The summed E-state index contributed by atoms with van der Waals surface area (Å²) in [6.07, 6.45) is -2.92. The molecule has 9 heteroatoms. The number of alkyl halides is 2. The maximum atomic E-state index is 14.3. The Balaban J connectivity index is 2.35. The first kappa shape index (κ1) is 21.2. The minimum Gasteiger partial charge on any atom is -0.429 e. The van der Waals surface area contributed by atoms with E-state index in [1.54, 1.807) is 6.92 Å². The Kier molecular flexibility index (Phi) is 6.27. The Morgan fingerprint density at radius 1 is 1.04 bits per heavy atom. The number of nitrogens with zero attached hydrogens (tertiary/aromatic N) is 2. The number of rotatable bonds is 5. The number of aliphatic imine (C=N–C) groups is 2. The molecule has 2 aromatic carbocycles. The number of benzene rings is 2. The van der Waals surface area contributed by atoms with Gasteiger partial charge in [0.25, 0.3) is 0 Å². The zero-order valence-corrected chi connectivity index (χ0v) is 14.7. The molecule has 0 unspecified atom stereocenters. The van der Waals surface area contributed by atoms with Gasteiger partial charge in [0.15, 0.2) is 23.3 Å². The smallest absolute Gasteiger partial charge is 0.429 e. The van der Waals surface area contributed by atoms with E-state index < -0.39 is 40.7 Å². The van der Waals surface area contributed by atoms with Crippen LogP contribution in [0.15, 0.2) is 52.5 Å². The second-order valence-corrected chi connectivity index (χ2v) is 5.67. The van der Waals surface area contributed by atoms with Crippen molar-refractivity contribution in [3.8, 4) is 5.75 Å². The van der Waals surface area contributed by atoms with Gasteiger partial charge in [-0.05, 0) is 24.6 Å². The van der Waals surface area contributed by atoms with Gasteiger partial charge in [0.05, 0.1) is 5.56 Å². The highest BCUT2D eigenvalue weighted by Gasteiger charge is 2.38. The molecule has 0 fully saturated rings. The lowest BCUT2D eigenvalue weighted by molar-refractivity contribution is -0.187. The summed E-state index contributed by atoms with van der Waals surface area (Å²) in [6, 6.07) is 3.07. The highest BCUT2D eigenvalue weighted by molar-refractivity contribution is 6.04. The fourth-order valence-electron chi connectivity index (χ4n) is 2.12. The monoisotopic (exact) mass is 400 g/mol. The van der Waals surface area contributed by atoms with E-state index in [1.807, 2.05) is 0 Å². The molecule has 28 heavy (non-hydrogen) atoms. The summed E-state index contributed by atoms with van der Waals surface area (Å²) >= 11 is 0. The lowest BCUT2D eigenvalue weighted by Crippen LogP contribution is -2.24. The third kappa shape index (κ3) is 4.79. The molecule has 0 saturated heterocycles. The molecule has 148 valence electrons. The Labute approximate surface area is 156 Å². The average Bonchev–Trinajstić information content (AvgIpc) is 2.59. The van der Waals surface area contributed by atoms with E-state index >= 15 is 0 Å². The lowest BCUT2D eigenvalue weighted by Gasteiger charge is -2.19. The maximum Gasteiger partial charge on any atom is 0.429 e. The summed E-state index contributed by atoms with van der Waals surface area (Å²) in [5.41, 5.74) is -0.492. The van der Waals surface area contributed by atoms with Gasteiger partial charge in [-0.2, -0.15) is 8.78 Å². The van der Waals surface area contributed by atoms with Gasteiger partial charge in [0, 0.05) is 31.0 Å². The summed E-state index contributed by atoms with van der Waals surface area (Å²) in [5.74, 6) is -7.58. The third-order valence-corrected chi connectivity index (χ3v) is 3.36. The second-order valence-electron chi connectivity index (χ2n) is 5.67. The number of hydrogen-bond donors (Lipinski definition) is 0. The van der Waals surface area contributed by atoms with Crippen LogP contribution in [0.5, 0.6) is 5.75 Å². The van der Waals surface area contributed by atoms with Crippen molar-refractivity contribution >= 4 is 12.1 Å². The highest BCUT2D eigenvalue weighted by atomic mass is 19.3. The van der Waals surface area contributed by atoms with Crippen LogP contribution in [0.1, 0.15) is 18.1 Å². The molecule has 0 N–H and O–H groups in total. The van der Waals surface area contributed by atoms with Crippen molar-refractivity contribution < 1.29 is 31.1 Å². The van der Waals surface area contributed by atoms with Crippen LogP contribution >= 0.6 is 0 Å². The molecule has 2 aromatic rings. The summed E-state index contributed by atoms with van der Waals surface area (Å²) in [5, 5.41) is 0. The van der Waals surface area contributed by atoms with Crippen LogP contribution in [0.2, 0.25) is 0 Å². The standard InChI is InChI=1S/C19H14F6N2O/c1-10(2)9-27-18(26-3)11-4-5-13(14(20)6-11)19(24,25)28-12-7-15(21)17(23)16(22)8-12/h4-9H,1H2,2-3H3. The molecule has 0 bridgehead atoms. The third-order valence-electron chi connectivity index (χ3n) is 3.36. The second kappa shape index (κ2) is 8.28. The molecule has 0 aliphatic carbocycles. The first-order valence-electron chi connectivity index (χ1n) is 7.73. The first-order valence-corrected chi connectivity index (χ1v) is 7.73. The fraction of sp³-hybridized carbons (Fsp3) is 0.158. The normalized spacial score (nSPS) is 12.5. The number of amidine groups is 1. The van der Waals surface area contributed by atoms with Crippen molar-refractivity contribution in [3.05, 3.63) is 76.9 Å². The van der Waals surface area contributed by atoms with Crippen LogP contribution in [-0.2, 0) is 6.11 Å². The van der Waals surface area contributed by atoms with Gasteiger partial charge in [0.1, 0.15) is 11.6 Å². The number of halogens is 6. The molecule has 0 heterocycles. The number of hydrogen-bond acceptors (Lipinski definition) is 2. The molecule has 0 atom stereocenters. The van der Waals surface area contributed by atoms with E-state index in [2.05, 4.69) is 21.3 Å². The van der Waals surface area contributed by atoms with E-state index in [9.17, 15) is 26.3 Å². The molecule has 0 saturated carbocycles. The van der Waals surface area contributed by atoms with Gasteiger partial charge in [0.2, 0.25) is 0 Å². The first-order chi connectivity index (χ1) is 13.0.